The van der Waals surface area contributed by atoms with E-state index in [9.17, 15) is 9.59 Å². The molecule has 3 atom stereocenters. The van der Waals surface area contributed by atoms with Crippen LogP contribution < -0.4 is 10.5 Å². The summed E-state index contributed by atoms with van der Waals surface area (Å²) in [6, 6.07) is 10.2. The van der Waals surface area contributed by atoms with Crippen molar-refractivity contribution in [1.82, 2.24) is 19.4 Å². The number of benzene rings is 1. The van der Waals surface area contributed by atoms with E-state index in [0.29, 0.717) is 44.1 Å². The zero-order valence-electron chi connectivity index (χ0n) is 21.9. The zero-order valence-corrected chi connectivity index (χ0v) is 21.9. The lowest BCUT2D eigenvalue weighted by molar-refractivity contribution is -0.138. The van der Waals surface area contributed by atoms with E-state index in [4.69, 9.17) is 10.1 Å². The monoisotopic (exact) mass is 507 g/mol. The van der Waals surface area contributed by atoms with E-state index in [-0.39, 0.29) is 18.1 Å². The number of piperazine rings is 1. The number of carboxylic acid groups (broad SMARTS) is 1. The summed E-state index contributed by atoms with van der Waals surface area (Å²) in [7, 11) is 0. The van der Waals surface area contributed by atoms with Crippen LogP contribution in [0.4, 0.5) is 5.82 Å². The number of piperidine rings is 1. The second-order valence-corrected chi connectivity index (χ2v) is 11.7. The Morgan fingerprint density at radius 2 is 1.49 bits per heavy atom. The molecule has 4 fully saturated rings. The summed E-state index contributed by atoms with van der Waals surface area (Å²) in [6.07, 6.45) is 14.2. The van der Waals surface area contributed by atoms with Gasteiger partial charge in [-0.2, -0.15) is 0 Å². The molecule has 0 amide bonds. The molecule has 200 valence electrons. The number of aromatic nitrogens is 2. The first kappa shape index (κ1) is 24.9. The van der Waals surface area contributed by atoms with Crippen molar-refractivity contribution in [3.05, 3.63) is 34.6 Å². The van der Waals surface area contributed by atoms with Crippen LogP contribution in [0.15, 0.2) is 29.1 Å². The third-order valence-corrected chi connectivity index (χ3v) is 9.43. The van der Waals surface area contributed by atoms with Gasteiger partial charge in [0.15, 0.2) is 5.82 Å². The first-order chi connectivity index (χ1) is 18.1. The number of anilines is 1. The van der Waals surface area contributed by atoms with Crippen LogP contribution in [-0.4, -0.2) is 81.3 Å². The van der Waals surface area contributed by atoms with Crippen LogP contribution in [-0.2, 0) is 4.79 Å². The SMILES string of the molecule is O=C(O)CN1CCN(c2nc3ccccc3n(C3C[C@H]4CC[C@@H](C3)N4C3CCCCCCC3)c2=O)CC1. The maximum Gasteiger partial charge on any atom is 0.317 e. The largest absolute Gasteiger partial charge is 0.480 e. The first-order valence-corrected chi connectivity index (χ1v) is 14.6. The summed E-state index contributed by atoms with van der Waals surface area (Å²) >= 11 is 0. The molecule has 2 aromatic rings. The second kappa shape index (κ2) is 10.7. The third-order valence-electron chi connectivity index (χ3n) is 9.43. The van der Waals surface area contributed by atoms with Crippen molar-refractivity contribution in [2.75, 3.05) is 37.6 Å². The van der Waals surface area contributed by atoms with Crippen molar-refractivity contribution in [1.29, 1.82) is 0 Å². The Kier molecular flexibility index (Phi) is 7.21. The van der Waals surface area contributed by atoms with Gasteiger partial charge in [-0.05, 0) is 50.7 Å². The van der Waals surface area contributed by atoms with Gasteiger partial charge in [0.25, 0.3) is 5.56 Å². The van der Waals surface area contributed by atoms with E-state index in [1.807, 2.05) is 23.1 Å². The van der Waals surface area contributed by atoms with Crippen LogP contribution in [0.25, 0.3) is 11.0 Å². The summed E-state index contributed by atoms with van der Waals surface area (Å²) in [5.74, 6) is -0.275. The van der Waals surface area contributed by atoms with Crippen molar-refractivity contribution in [2.24, 2.45) is 0 Å². The number of hydrogen-bond donors (Lipinski definition) is 1. The van der Waals surface area contributed by atoms with Gasteiger partial charge in [0.2, 0.25) is 0 Å². The van der Waals surface area contributed by atoms with Crippen molar-refractivity contribution in [3.63, 3.8) is 0 Å². The molecule has 0 spiro atoms. The second-order valence-electron chi connectivity index (χ2n) is 11.7. The Bertz CT molecular complexity index is 1150. The predicted octanol–water partition coefficient (Wildman–Crippen LogP) is 3.88. The molecule has 1 unspecified atom stereocenters. The molecule has 1 aliphatic carbocycles. The standard InChI is InChI=1S/C29H41N5O3/c35-27(36)20-31-14-16-32(17-15-31)28-29(37)34(26-11-7-6-10-25(26)30-28)24-18-22-12-13-23(19-24)33(22)21-8-4-2-1-3-5-9-21/h6-7,10-11,21-24H,1-5,8-9,12-20H2,(H,35,36)/t22-,23+,24?. The van der Waals surface area contributed by atoms with Gasteiger partial charge in [-0.1, -0.05) is 44.2 Å². The molecule has 0 radical (unpaired) electrons. The van der Waals surface area contributed by atoms with Gasteiger partial charge < -0.3 is 14.6 Å². The minimum absolute atomic E-state index is 0.0224. The molecule has 8 heteroatoms. The topological polar surface area (TPSA) is 81.9 Å². The highest BCUT2D eigenvalue weighted by atomic mass is 16.4. The Morgan fingerprint density at radius 3 is 2.16 bits per heavy atom. The third kappa shape index (κ3) is 5.02. The minimum atomic E-state index is -0.806. The van der Waals surface area contributed by atoms with E-state index in [1.54, 1.807) is 0 Å². The molecule has 1 saturated carbocycles. The molecule has 8 nitrogen and oxygen atoms in total. The number of hydrogen-bond acceptors (Lipinski definition) is 6. The number of carboxylic acids is 1. The molecular formula is C29H41N5O3. The number of fused-ring (bicyclic) bond motifs is 3. The van der Waals surface area contributed by atoms with Crippen LogP contribution in [0, 0.1) is 0 Å². The summed E-state index contributed by atoms with van der Waals surface area (Å²) in [5.41, 5.74) is 1.85. The molecule has 37 heavy (non-hydrogen) atoms. The highest BCUT2D eigenvalue weighted by molar-refractivity contribution is 5.76. The average Bonchev–Trinajstić information content (AvgIpc) is 3.12. The molecule has 1 aromatic carbocycles. The molecule has 4 aliphatic rings. The summed E-state index contributed by atoms with van der Waals surface area (Å²) in [5, 5.41) is 9.14. The number of rotatable bonds is 5. The van der Waals surface area contributed by atoms with Gasteiger partial charge in [0.1, 0.15) is 0 Å². The van der Waals surface area contributed by atoms with E-state index in [1.165, 1.54) is 57.8 Å². The fourth-order valence-corrected chi connectivity index (χ4v) is 7.74. The maximum absolute atomic E-state index is 14.1. The van der Waals surface area contributed by atoms with Crippen molar-refractivity contribution < 1.29 is 9.90 Å². The van der Waals surface area contributed by atoms with E-state index >= 15 is 0 Å². The minimum Gasteiger partial charge on any atom is -0.480 e. The lowest BCUT2D eigenvalue weighted by Gasteiger charge is -2.45. The van der Waals surface area contributed by atoms with Crippen molar-refractivity contribution in [3.8, 4) is 0 Å². The Morgan fingerprint density at radius 1 is 0.838 bits per heavy atom. The van der Waals surface area contributed by atoms with Gasteiger partial charge in [-0.15, -0.1) is 0 Å². The predicted molar refractivity (Wildman–Crippen MR) is 145 cm³/mol. The summed E-state index contributed by atoms with van der Waals surface area (Å²) in [6.45, 7) is 2.55. The first-order valence-electron chi connectivity index (χ1n) is 14.6. The normalized spacial score (nSPS) is 28.3. The summed E-state index contributed by atoms with van der Waals surface area (Å²) < 4.78 is 2.09. The van der Waals surface area contributed by atoms with Gasteiger partial charge in [0, 0.05) is 50.3 Å². The van der Waals surface area contributed by atoms with Gasteiger partial charge in [-0.3, -0.25) is 19.4 Å². The molecular weight excluding hydrogens is 466 g/mol. The summed E-state index contributed by atoms with van der Waals surface area (Å²) in [4.78, 5) is 36.9. The van der Waals surface area contributed by atoms with Gasteiger partial charge in [-0.25, -0.2) is 4.98 Å². The lowest BCUT2D eigenvalue weighted by Crippen LogP contribution is -2.51. The molecule has 6 rings (SSSR count). The van der Waals surface area contributed by atoms with Crippen LogP contribution >= 0.6 is 0 Å². The van der Waals surface area contributed by atoms with Crippen LogP contribution in [0.5, 0.6) is 0 Å². The van der Waals surface area contributed by atoms with Crippen molar-refractivity contribution in [2.45, 2.75) is 94.8 Å². The van der Waals surface area contributed by atoms with Crippen molar-refractivity contribution >= 4 is 22.8 Å². The van der Waals surface area contributed by atoms with E-state index < -0.39 is 5.97 Å². The highest BCUT2D eigenvalue weighted by Crippen LogP contribution is 2.44. The van der Waals surface area contributed by atoms with Crippen LogP contribution in [0.3, 0.4) is 0 Å². The van der Waals surface area contributed by atoms with Gasteiger partial charge >= 0.3 is 5.97 Å². The van der Waals surface area contributed by atoms with E-state index in [2.05, 4.69) is 20.4 Å². The fourth-order valence-electron chi connectivity index (χ4n) is 7.74. The Labute approximate surface area is 219 Å². The highest BCUT2D eigenvalue weighted by Gasteiger charge is 2.44. The number of aliphatic carboxylic acids is 1. The molecule has 4 heterocycles. The molecule has 1 N–H and O–H groups in total. The van der Waals surface area contributed by atoms with Gasteiger partial charge in [0.05, 0.1) is 17.6 Å². The molecule has 1 aromatic heterocycles. The smallest absolute Gasteiger partial charge is 0.317 e. The number of nitrogens with zero attached hydrogens (tertiary/aromatic N) is 5. The average molecular weight is 508 g/mol. The number of carbonyl (C=O) groups is 1. The van der Waals surface area contributed by atoms with Crippen LogP contribution in [0.1, 0.15) is 76.7 Å². The van der Waals surface area contributed by atoms with E-state index in [0.717, 1.165) is 29.9 Å². The Hall–Kier alpha value is -2.45. The Balaban J connectivity index is 1.27. The molecule has 3 aliphatic heterocycles. The number of para-hydroxylation sites is 2. The lowest BCUT2D eigenvalue weighted by atomic mass is 9.89. The van der Waals surface area contributed by atoms with Crippen LogP contribution in [0.2, 0.25) is 0 Å². The maximum atomic E-state index is 14.1. The fraction of sp³-hybridized carbons (Fsp3) is 0.690. The molecule has 2 bridgehead atoms. The molecule has 3 saturated heterocycles. The quantitative estimate of drug-likeness (QED) is 0.658. The zero-order chi connectivity index (χ0) is 25.4.